The number of alkyl halides is 3. The number of sulfonamides is 1. The summed E-state index contributed by atoms with van der Waals surface area (Å²) in [5, 5.41) is 2.88. The van der Waals surface area contributed by atoms with E-state index in [0.717, 1.165) is 11.0 Å². The molecule has 7 nitrogen and oxygen atoms in total. The Bertz CT molecular complexity index is 1570. The van der Waals surface area contributed by atoms with E-state index in [1.54, 1.807) is 38.1 Å². The van der Waals surface area contributed by atoms with Crippen LogP contribution in [0.5, 0.6) is 0 Å². The van der Waals surface area contributed by atoms with Crippen molar-refractivity contribution in [3.63, 3.8) is 0 Å². The first kappa shape index (κ1) is 35.5. The Balaban J connectivity index is 2.19. The van der Waals surface area contributed by atoms with E-state index in [4.69, 9.17) is 34.8 Å². The number of anilines is 1. The fourth-order valence-electron chi connectivity index (χ4n) is 4.33. The van der Waals surface area contributed by atoms with Crippen LogP contribution >= 0.6 is 34.8 Å². The molecular formula is C30H31Cl3F3N3O4S. The first-order valence-electron chi connectivity index (χ1n) is 13.6. The quantitative estimate of drug-likeness (QED) is 0.212. The standard InChI is InChI=1S/C30H31Cl3F3N3O4S/c1-4-19(3)37-29(41)26(5-2)38(17-22-23(31)12-9-13-24(22)32)28(40)18-39(44(42,43)21-10-7-6-8-11-21)27-16-20(30(34,35)36)14-15-25(27)33/h6-16,19,26H,4-5,17-18H2,1-3H3,(H,37,41)/t19-,26+/m0/s1. The molecule has 0 bridgehead atoms. The Hall–Kier alpha value is -2.99. The van der Waals surface area contributed by atoms with E-state index in [0.29, 0.717) is 28.4 Å². The van der Waals surface area contributed by atoms with Crippen molar-refractivity contribution in [3.8, 4) is 0 Å². The molecule has 0 aromatic heterocycles. The van der Waals surface area contributed by atoms with Gasteiger partial charge in [0, 0.05) is 28.2 Å². The Morgan fingerprint density at radius 3 is 2.05 bits per heavy atom. The van der Waals surface area contributed by atoms with E-state index in [-0.39, 0.29) is 39.0 Å². The predicted molar refractivity (Wildman–Crippen MR) is 166 cm³/mol. The van der Waals surface area contributed by atoms with Crippen LogP contribution in [0.4, 0.5) is 18.9 Å². The van der Waals surface area contributed by atoms with Gasteiger partial charge in [-0.3, -0.25) is 13.9 Å². The molecule has 0 saturated carbocycles. The van der Waals surface area contributed by atoms with E-state index in [1.807, 2.05) is 6.92 Å². The zero-order valence-electron chi connectivity index (χ0n) is 24.0. The summed E-state index contributed by atoms with van der Waals surface area (Å²) in [6.07, 6.45) is -4.12. The number of nitrogens with one attached hydrogen (secondary N) is 1. The van der Waals surface area contributed by atoms with Crippen molar-refractivity contribution >= 4 is 62.3 Å². The first-order valence-corrected chi connectivity index (χ1v) is 16.2. The van der Waals surface area contributed by atoms with Gasteiger partial charge >= 0.3 is 6.18 Å². The molecule has 0 aliphatic rings. The van der Waals surface area contributed by atoms with Gasteiger partial charge in [-0.05, 0) is 62.2 Å². The molecule has 3 aromatic carbocycles. The third-order valence-corrected chi connectivity index (χ3v) is 9.73. The van der Waals surface area contributed by atoms with Gasteiger partial charge in [-0.25, -0.2) is 8.42 Å². The van der Waals surface area contributed by atoms with Gasteiger partial charge in [0.15, 0.2) is 0 Å². The van der Waals surface area contributed by atoms with Crippen molar-refractivity contribution in [1.29, 1.82) is 0 Å². The molecule has 0 fully saturated rings. The molecule has 0 aliphatic carbocycles. The van der Waals surface area contributed by atoms with Crippen molar-refractivity contribution in [2.75, 3.05) is 10.8 Å². The van der Waals surface area contributed by atoms with E-state index in [2.05, 4.69) is 5.32 Å². The lowest BCUT2D eigenvalue weighted by Gasteiger charge is -2.34. The summed E-state index contributed by atoms with van der Waals surface area (Å²) < 4.78 is 69.5. The second-order valence-electron chi connectivity index (χ2n) is 9.95. The van der Waals surface area contributed by atoms with Crippen molar-refractivity contribution in [3.05, 3.63) is 92.9 Å². The van der Waals surface area contributed by atoms with Crippen molar-refractivity contribution in [2.45, 2.75) is 63.3 Å². The maximum atomic E-state index is 14.2. The third kappa shape index (κ3) is 8.38. The van der Waals surface area contributed by atoms with Crippen LogP contribution in [0.2, 0.25) is 15.1 Å². The average Bonchev–Trinajstić information content (AvgIpc) is 2.97. The van der Waals surface area contributed by atoms with Crippen LogP contribution in [0.15, 0.2) is 71.6 Å². The third-order valence-electron chi connectivity index (χ3n) is 6.93. The summed E-state index contributed by atoms with van der Waals surface area (Å²) in [5.41, 5.74) is -1.43. The minimum Gasteiger partial charge on any atom is -0.352 e. The zero-order chi connectivity index (χ0) is 32.8. The minimum atomic E-state index is -4.83. The van der Waals surface area contributed by atoms with Gasteiger partial charge in [0.2, 0.25) is 11.8 Å². The zero-order valence-corrected chi connectivity index (χ0v) is 27.1. The number of hydrogen-bond donors (Lipinski definition) is 1. The fraction of sp³-hybridized carbons (Fsp3) is 0.333. The topological polar surface area (TPSA) is 86.8 Å². The van der Waals surface area contributed by atoms with Gasteiger partial charge in [0.25, 0.3) is 10.0 Å². The highest BCUT2D eigenvalue weighted by atomic mass is 35.5. The number of amides is 2. The number of hydrogen-bond acceptors (Lipinski definition) is 4. The van der Waals surface area contributed by atoms with Crippen LogP contribution in [-0.4, -0.2) is 43.8 Å². The summed E-state index contributed by atoms with van der Waals surface area (Å²) in [6.45, 7) is 4.03. The van der Waals surface area contributed by atoms with E-state index < -0.39 is 51.9 Å². The number of benzene rings is 3. The molecule has 14 heteroatoms. The molecule has 3 rings (SSSR count). The Morgan fingerprint density at radius 1 is 0.886 bits per heavy atom. The number of halogens is 6. The summed E-state index contributed by atoms with van der Waals surface area (Å²) in [7, 11) is -4.65. The molecular weight excluding hydrogens is 662 g/mol. The SMILES string of the molecule is CC[C@H](C(=O)N[C@@H](C)CC)N(Cc1c(Cl)cccc1Cl)C(=O)CN(c1cc(C(F)(F)F)ccc1Cl)S(=O)(=O)c1ccccc1. The van der Waals surface area contributed by atoms with Crippen molar-refractivity contribution < 1.29 is 31.2 Å². The fourth-order valence-corrected chi connectivity index (χ4v) is 6.56. The minimum absolute atomic E-state index is 0.117. The van der Waals surface area contributed by atoms with Gasteiger partial charge in [-0.2, -0.15) is 13.2 Å². The van der Waals surface area contributed by atoms with Crippen LogP contribution < -0.4 is 9.62 Å². The highest BCUT2D eigenvalue weighted by Crippen LogP contribution is 2.37. The second-order valence-corrected chi connectivity index (χ2v) is 13.0. The van der Waals surface area contributed by atoms with Gasteiger partial charge in [0.05, 0.1) is 21.2 Å². The Morgan fingerprint density at radius 2 is 1.50 bits per heavy atom. The smallest absolute Gasteiger partial charge is 0.352 e. The maximum absolute atomic E-state index is 14.2. The normalized spacial score (nSPS) is 13.2. The maximum Gasteiger partial charge on any atom is 0.416 e. The lowest BCUT2D eigenvalue weighted by molar-refractivity contribution is -0.140. The van der Waals surface area contributed by atoms with Crippen LogP contribution in [0, 0.1) is 0 Å². The van der Waals surface area contributed by atoms with Gasteiger partial charge < -0.3 is 10.2 Å². The molecule has 44 heavy (non-hydrogen) atoms. The summed E-state index contributed by atoms with van der Waals surface area (Å²) in [6, 6.07) is 12.4. The number of nitrogens with zero attached hydrogens (tertiary/aromatic N) is 2. The number of rotatable bonds is 12. The lowest BCUT2D eigenvalue weighted by Crippen LogP contribution is -2.53. The van der Waals surface area contributed by atoms with Gasteiger partial charge in [0.1, 0.15) is 12.6 Å². The molecule has 3 aromatic rings. The number of carbonyl (C=O) groups is 2. The highest BCUT2D eigenvalue weighted by Gasteiger charge is 2.37. The summed E-state index contributed by atoms with van der Waals surface area (Å²) in [4.78, 5) is 28.4. The lowest BCUT2D eigenvalue weighted by atomic mass is 10.1. The highest BCUT2D eigenvalue weighted by molar-refractivity contribution is 7.92. The van der Waals surface area contributed by atoms with Crippen LogP contribution in [0.3, 0.4) is 0 Å². The molecule has 0 radical (unpaired) electrons. The summed E-state index contributed by atoms with van der Waals surface area (Å²) >= 11 is 19.1. The largest absolute Gasteiger partial charge is 0.416 e. The van der Waals surface area contributed by atoms with Crippen LogP contribution in [0.1, 0.15) is 44.7 Å². The van der Waals surface area contributed by atoms with Crippen molar-refractivity contribution in [2.24, 2.45) is 0 Å². The monoisotopic (exact) mass is 691 g/mol. The molecule has 0 spiro atoms. The van der Waals surface area contributed by atoms with Crippen LogP contribution in [-0.2, 0) is 32.3 Å². The Kier molecular flexibility index (Phi) is 12.0. The average molecular weight is 693 g/mol. The van der Waals surface area contributed by atoms with E-state index >= 15 is 0 Å². The molecule has 2 atom stereocenters. The van der Waals surface area contributed by atoms with Gasteiger partial charge in [-0.15, -0.1) is 0 Å². The van der Waals surface area contributed by atoms with Crippen LogP contribution in [0.25, 0.3) is 0 Å². The Labute approximate surface area is 269 Å². The second kappa shape index (κ2) is 14.9. The van der Waals surface area contributed by atoms with Gasteiger partial charge in [-0.1, -0.05) is 72.9 Å². The van der Waals surface area contributed by atoms with E-state index in [1.165, 1.54) is 24.3 Å². The first-order chi connectivity index (χ1) is 20.6. The number of carbonyl (C=O) groups excluding carboxylic acids is 2. The van der Waals surface area contributed by atoms with Crippen molar-refractivity contribution in [1.82, 2.24) is 10.2 Å². The predicted octanol–water partition coefficient (Wildman–Crippen LogP) is 7.58. The molecule has 0 unspecified atom stereocenters. The molecule has 0 heterocycles. The molecule has 1 N–H and O–H groups in total. The molecule has 0 aliphatic heterocycles. The molecule has 238 valence electrons. The van der Waals surface area contributed by atoms with E-state index in [9.17, 15) is 31.2 Å². The molecule has 0 saturated heterocycles. The summed E-state index contributed by atoms with van der Waals surface area (Å²) in [5.74, 6) is -1.41. The molecule has 2 amide bonds.